The number of hydrogen-bond acceptors (Lipinski definition) is 6. The van der Waals surface area contributed by atoms with E-state index in [0.717, 1.165) is 143 Å². The van der Waals surface area contributed by atoms with Gasteiger partial charge in [0, 0.05) is 89.3 Å². The van der Waals surface area contributed by atoms with Gasteiger partial charge in [0.15, 0.2) is 11.2 Å². The van der Waals surface area contributed by atoms with Crippen LogP contribution in [0.2, 0.25) is 0 Å². The molecule has 0 bridgehead atoms. The lowest BCUT2D eigenvalue weighted by atomic mass is 10.0. The van der Waals surface area contributed by atoms with Crippen molar-refractivity contribution < 1.29 is 17.7 Å². The summed E-state index contributed by atoms with van der Waals surface area (Å²) in [5, 5.41) is 13.0. The van der Waals surface area contributed by atoms with Crippen LogP contribution >= 0.6 is 0 Å². The predicted octanol–water partition coefficient (Wildman–Crippen LogP) is 18.5. The Balaban J connectivity index is 0.834. The Kier molecular flexibility index (Phi) is 7.69. The first-order chi connectivity index (χ1) is 33.6. The molecule has 0 aliphatic rings. The van der Waals surface area contributed by atoms with Crippen LogP contribution in [0.5, 0.6) is 0 Å². The summed E-state index contributed by atoms with van der Waals surface area (Å²) in [5.74, 6) is 0. The number of rotatable bonds is 6. The highest BCUT2D eigenvalue weighted by Crippen LogP contribution is 2.45. The minimum absolute atomic E-state index is 0.746. The van der Waals surface area contributed by atoms with Gasteiger partial charge in [-0.05, 0) is 143 Å². The standard InChI is InChI=1S/C62H36N2O4/c1-3-11-41(12-4-1)63(45-23-25-49-47-15-7-9-17-55(47)65-59(49)35-45)43-21-19-37-31-53-51-27-28-52-54-32-38-20-22-44(30-40(38)34-58(54)68-62(52)61(51)67-57(53)33-39(37)29-43)64(42-13-5-2-6-14-42)46-24-26-50-48-16-8-10-18-56(48)66-60(50)36-46/h1-36H. The van der Waals surface area contributed by atoms with E-state index in [1.807, 2.05) is 36.4 Å². The minimum Gasteiger partial charge on any atom is -0.456 e. The van der Waals surface area contributed by atoms with Crippen LogP contribution in [0.1, 0.15) is 0 Å². The second kappa shape index (κ2) is 14.1. The number of benzene rings is 11. The molecule has 0 N–H and O–H groups in total. The van der Waals surface area contributed by atoms with Crippen LogP contribution in [0, 0.1) is 0 Å². The predicted molar refractivity (Wildman–Crippen MR) is 280 cm³/mol. The molecule has 0 aliphatic carbocycles. The molecule has 15 rings (SSSR count). The lowest BCUT2D eigenvalue weighted by molar-refractivity contribution is 0.634. The van der Waals surface area contributed by atoms with Crippen LogP contribution in [-0.2, 0) is 0 Å². The van der Waals surface area contributed by atoms with Crippen molar-refractivity contribution in [2.24, 2.45) is 0 Å². The van der Waals surface area contributed by atoms with Crippen LogP contribution in [0.4, 0.5) is 34.1 Å². The maximum atomic E-state index is 6.81. The normalized spacial score (nSPS) is 12.1. The molecule has 0 atom stereocenters. The number of hydrogen-bond donors (Lipinski definition) is 0. The van der Waals surface area contributed by atoms with Crippen molar-refractivity contribution in [1.82, 2.24) is 0 Å². The van der Waals surface area contributed by atoms with Gasteiger partial charge in [0.2, 0.25) is 0 Å². The van der Waals surface area contributed by atoms with E-state index in [4.69, 9.17) is 17.7 Å². The first kappa shape index (κ1) is 37.0. The molecule has 68 heavy (non-hydrogen) atoms. The zero-order chi connectivity index (χ0) is 44.5. The third kappa shape index (κ3) is 5.58. The smallest absolute Gasteiger partial charge is 0.178 e. The molecule has 0 saturated carbocycles. The fourth-order valence-corrected chi connectivity index (χ4v) is 10.6. The van der Waals surface area contributed by atoms with Crippen molar-refractivity contribution in [3.63, 3.8) is 0 Å². The highest BCUT2D eigenvalue weighted by molar-refractivity contribution is 6.21. The molecule has 0 spiro atoms. The van der Waals surface area contributed by atoms with Crippen molar-refractivity contribution in [2.45, 2.75) is 0 Å². The second-order valence-electron chi connectivity index (χ2n) is 17.7. The number of anilines is 6. The van der Waals surface area contributed by atoms with E-state index in [9.17, 15) is 0 Å². The van der Waals surface area contributed by atoms with E-state index in [-0.39, 0.29) is 0 Å². The fraction of sp³-hybridized carbons (Fsp3) is 0. The van der Waals surface area contributed by atoms with E-state index in [0.29, 0.717) is 0 Å². The van der Waals surface area contributed by atoms with Crippen molar-refractivity contribution in [3.8, 4) is 0 Å². The minimum atomic E-state index is 0.746. The van der Waals surface area contributed by atoms with Gasteiger partial charge in [-0.3, -0.25) is 0 Å². The zero-order valence-corrected chi connectivity index (χ0v) is 36.3. The maximum absolute atomic E-state index is 6.81. The summed E-state index contributed by atoms with van der Waals surface area (Å²) in [6.07, 6.45) is 0. The topological polar surface area (TPSA) is 59.0 Å². The average molecular weight is 873 g/mol. The Morgan fingerprint density at radius 3 is 1.04 bits per heavy atom. The maximum Gasteiger partial charge on any atom is 0.178 e. The van der Waals surface area contributed by atoms with Crippen LogP contribution in [0.25, 0.3) is 109 Å². The van der Waals surface area contributed by atoms with Crippen LogP contribution < -0.4 is 9.80 Å². The summed E-state index contributed by atoms with van der Waals surface area (Å²) in [4.78, 5) is 4.56. The summed E-state index contributed by atoms with van der Waals surface area (Å²) in [6, 6.07) is 76.7. The SMILES string of the molecule is c1ccc(N(c2ccc3cc4c(cc3c2)oc2c4ccc3c4cc5ccc(N(c6ccccc6)c6ccc7c(c6)oc6ccccc67)cc5cc4oc32)c2ccc3c(c2)oc2ccccc23)cc1. The molecule has 6 heteroatoms. The third-order valence-corrected chi connectivity index (χ3v) is 13.7. The summed E-state index contributed by atoms with van der Waals surface area (Å²) in [5.41, 5.74) is 12.8. The molecule has 6 nitrogen and oxygen atoms in total. The molecule has 4 heterocycles. The Hall–Kier alpha value is -9.26. The van der Waals surface area contributed by atoms with Crippen LogP contribution in [0.15, 0.2) is 236 Å². The largest absolute Gasteiger partial charge is 0.456 e. The lowest BCUT2D eigenvalue weighted by Crippen LogP contribution is -2.09. The lowest BCUT2D eigenvalue weighted by Gasteiger charge is -2.25. The van der Waals surface area contributed by atoms with Gasteiger partial charge in [0.1, 0.15) is 33.5 Å². The highest BCUT2D eigenvalue weighted by atomic mass is 16.4. The Morgan fingerprint density at radius 2 is 0.574 bits per heavy atom. The molecule has 318 valence electrons. The summed E-state index contributed by atoms with van der Waals surface area (Å²) >= 11 is 0. The number of fused-ring (bicyclic) bond motifs is 15. The Bertz CT molecular complexity index is 4230. The quantitative estimate of drug-likeness (QED) is 0.166. The van der Waals surface area contributed by atoms with E-state index in [1.165, 1.54) is 0 Å². The number of para-hydroxylation sites is 4. The van der Waals surface area contributed by atoms with Gasteiger partial charge in [-0.25, -0.2) is 0 Å². The molecular weight excluding hydrogens is 837 g/mol. The van der Waals surface area contributed by atoms with E-state index >= 15 is 0 Å². The Morgan fingerprint density at radius 1 is 0.206 bits per heavy atom. The molecule has 15 aromatic rings. The van der Waals surface area contributed by atoms with Gasteiger partial charge < -0.3 is 27.5 Å². The van der Waals surface area contributed by atoms with Gasteiger partial charge in [-0.15, -0.1) is 0 Å². The van der Waals surface area contributed by atoms with Crippen molar-refractivity contribution in [2.75, 3.05) is 9.80 Å². The van der Waals surface area contributed by atoms with E-state index < -0.39 is 0 Å². The highest BCUT2D eigenvalue weighted by Gasteiger charge is 2.21. The molecule has 0 fully saturated rings. The summed E-state index contributed by atoms with van der Waals surface area (Å²) in [6.45, 7) is 0. The first-order valence-corrected chi connectivity index (χ1v) is 22.9. The van der Waals surface area contributed by atoms with Crippen LogP contribution in [0.3, 0.4) is 0 Å². The fourth-order valence-electron chi connectivity index (χ4n) is 10.6. The van der Waals surface area contributed by atoms with Gasteiger partial charge in [-0.1, -0.05) is 84.9 Å². The second-order valence-corrected chi connectivity index (χ2v) is 17.7. The first-order valence-electron chi connectivity index (χ1n) is 22.9. The van der Waals surface area contributed by atoms with Crippen molar-refractivity contribution in [3.05, 3.63) is 218 Å². The molecule has 0 unspecified atom stereocenters. The number of nitrogens with zero attached hydrogens (tertiary/aromatic N) is 2. The van der Waals surface area contributed by atoms with Gasteiger partial charge in [0.05, 0.1) is 0 Å². The monoisotopic (exact) mass is 872 g/mol. The average Bonchev–Trinajstić information content (AvgIpc) is 4.15. The van der Waals surface area contributed by atoms with Crippen LogP contribution in [-0.4, -0.2) is 0 Å². The van der Waals surface area contributed by atoms with Crippen molar-refractivity contribution in [1.29, 1.82) is 0 Å². The summed E-state index contributed by atoms with van der Waals surface area (Å²) in [7, 11) is 0. The van der Waals surface area contributed by atoms with Crippen molar-refractivity contribution >= 4 is 143 Å². The third-order valence-electron chi connectivity index (χ3n) is 13.7. The molecular formula is C62H36N2O4. The molecule has 0 aliphatic heterocycles. The molecule has 0 radical (unpaired) electrons. The van der Waals surface area contributed by atoms with E-state index in [2.05, 4.69) is 192 Å². The molecule has 0 amide bonds. The molecule has 11 aromatic carbocycles. The molecule has 0 saturated heterocycles. The molecule has 4 aromatic heterocycles. The van der Waals surface area contributed by atoms with Gasteiger partial charge in [-0.2, -0.15) is 0 Å². The zero-order valence-electron chi connectivity index (χ0n) is 36.3. The van der Waals surface area contributed by atoms with E-state index in [1.54, 1.807) is 0 Å². The van der Waals surface area contributed by atoms with Gasteiger partial charge in [0.25, 0.3) is 0 Å². The van der Waals surface area contributed by atoms with Gasteiger partial charge >= 0.3 is 0 Å². The summed E-state index contributed by atoms with van der Waals surface area (Å²) < 4.78 is 26.3. The Labute approximate surface area is 387 Å². The number of furan rings is 4.